The summed E-state index contributed by atoms with van der Waals surface area (Å²) in [5.41, 5.74) is 6.49. The second-order valence-electron chi connectivity index (χ2n) is 3.52. The molecule has 1 aromatic carbocycles. The molecule has 1 aromatic heterocycles. The van der Waals surface area contributed by atoms with Gasteiger partial charge in [-0.15, -0.1) is 5.10 Å². The van der Waals surface area contributed by atoms with Crippen LogP contribution in [0.3, 0.4) is 0 Å². The van der Waals surface area contributed by atoms with E-state index in [-0.39, 0.29) is 5.91 Å². The Bertz CT molecular complexity index is 557. The average Bonchev–Trinajstić information content (AvgIpc) is 2.40. The molecule has 0 saturated carbocycles. The summed E-state index contributed by atoms with van der Waals surface area (Å²) in [6, 6.07) is 8.17. The number of amides is 1. The molecule has 6 nitrogen and oxygen atoms in total. The predicted molar refractivity (Wildman–Crippen MR) is 67.4 cm³/mol. The summed E-state index contributed by atoms with van der Waals surface area (Å²) < 4.78 is 5.11. The second kappa shape index (κ2) is 5.13. The molecule has 18 heavy (non-hydrogen) atoms. The number of ether oxygens (including phenoxy) is 1. The Morgan fingerprint density at radius 1 is 1.39 bits per heavy atom. The van der Waals surface area contributed by atoms with Gasteiger partial charge in [0.2, 0.25) is 0 Å². The first-order chi connectivity index (χ1) is 8.70. The molecule has 3 N–H and O–H groups in total. The molecule has 0 spiro atoms. The van der Waals surface area contributed by atoms with Gasteiger partial charge in [-0.3, -0.25) is 4.79 Å². The zero-order valence-electron chi connectivity index (χ0n) is 9.75. The fourth-order valence-electron chi connectivity index (χ4n) is 1.45. The van der Waals surface area contributed by atoms with Crippen molar-refractivity contribution in [3.05, 3.63) is 42.1 Å². The van der Waals surface area contributed by atoms with Crippen molar-refractivity contribution in [1.29, 1.82) is 0 Å². The van der Waals surface area contributed by atoms with Crippen LogP contribution in [0.15, 0.2) is 36.5 Å². The van der Waals surface area contributed by atoms with Gasteiger partial charge in [0.1, 0.15) is 5.75 Å². The van der Waals surface area contributed by atoms with E-state index in [4.69, 9.17) is 10.5 Å². The number of nitrogens with two attached hydrogens (primary N) is 1. The Balaban J connectivity index is 2.26. The molecule has 0 unspecified atom stereocenters. The maximum Gasteiger partial charge on any atom is 0.260 e. The Labute approximate surface area is 104 Å². The SMILES string of the molecule is COc1ccc(N)cc1C(=O)Nc1cccnn1. The molecule has 2 aromatic rings. The fraction of sp³-hybridized carbons (Fsp3) is 0.0833. The van der Waals surface area contributed by atoms with Gasteiger partial charge in [0.15, 0.2) is 5.82 Å². The smallest absolute Gasteiger partial charge is 0.260 e. The molecule has 0 aliphatic rings. The third-order valence-corrected chi connectivity index (χ3v) is 2.28. The molecule has 92 valence electrons. The fourth-order valence-corrected chi connectivity index (χ4v) is 1.45. The van der Waals surface area contributed by atoms with Crippen LogP contribution in [-0.2, 0) is 0 Å². The van der Waals surface area contributed by atoms with E-state index in [0.717, 1.165) is 0 Å². The molecule has 0 aliphatic heterocycles. The number of nitrogens with zero attached hydrogens (tertiary/aromatic N) is 2. The summed E-state index contributed by atoms with van der Waals surface area (Å²) in [6.45, 7) is 0. The lowest BCUT2D eigenvalue weighted by molar-refractivity contribution is 0.102. The van der Waals surface area contributed by atoms with E-state index in [0.29, 0.717) is 22.8 Å². The summed E-state index contributed by atoms with van der Waals surface area (Å²) >= 11 is 0. The monoisotopic (exact) mass is 244 g/mol. The van der Waals surface area contributed by atoms with E-state index in [1.165, 1.54) is 13.3 Å². The number of rotatable bonds is 3. The van der Waals surface area contributed by atoms with E-state index >= 15 is 0 Å². The summed E-state index contributed by atoms with van der Waals surface area (Å²) in [5, 5.41) is 10.1. The maximum atomic E-state index is 12.0. The average molecular weight is 244 g/mol. The molecular formula is C12H12N4O2. The first kappa shape index (κ1) is 11.8. The van der Waals surface area contributed by atoms with E-state index in [1.54, 1.807) is 30.3 Å². The zero-order valence-corrected chi connectivity index (χ0v) is 9.75. The molecule has 0 radical (unpaired) electrons. The molecule has 0 saturated heterocycles. The molecule has 1 heterocycles. The second-order valence-corrected chi connectivity index (χ2v) is 3.52. The standard InChI is InChI=1S/C12H12N4O2/c1-18-10-5-4-8(13)7-9(10)12(17)15-11-3-2-6-14-16-11/h2-7H,13H2,1H3,(H,15,16,17). The Hall–Kier alpha value is -2.63. The van der Waals surface area contributed by atoms with Crippen LogP contribution in [0.1, 0.15) is 10.4 Å². The number of carbonyl (C=O) groups is 1. The van der Waals surface area contributed by atoms with Crippen LogP contribution in [0, 0.1) is 0 Å². The number of methoxy groups -OCH3 is 1. The topological polar surface area (TPSA) is 90.1 Å². The van der Waals surface area contributed by atoms with Crippen molar-refractivity contribution in [1.82, 2.24) is 10.2 Å². The van der Waals surface area contributed by atoms with Crippen LogP contribution in [-0.4, -0.2) is 23.2 Å². The van der Waals surface area contributed by atoms with Crippen LogP contribution in [0.5, 0.6) is 5.75 Å². The van der Waals surface area contributed by atoms with Crippen molar-refractivity contribution in [3.63, 3.8) is 0 Å². The van der Waals surface area contributed by atoms with Gasteiger partial charge in [0.05, 0.1) is 12.7 Å². The van der Waals surface area contributed by atoms with Crippen molar-refractivity contribution >= 4 is 17.4 Å². The molecule has 0 atom stereocenters. The Kier molecular flexibility index (Phi) is 3.38. The van der Waals surface area contributed by atoms with Gasteiger partial charge in [-0.05, 0) is 30.3 Å². The number of anilines is 2. The van der Waals surface area contributed by atoms with E-state index in [1.807, 2.05) is 0 Å². The van der Waals surface area contributed by atoms with Crippen LogP contribution in [0.4, 0.5) is 11.5 Å². The Morgan fingerprint density at radius 2 is 2.22 bits per heavy atom. The quantitative estimate of drug-likeness (QED) is 0.795. The minimum atomic E-state index is -0.348. The van der Waals surface area contributed by atoms with Crippen LogP contribution >= 0.6 is 0 Å². The van der Waals surface area contributed by atoms with Gasteiger partial charge in [0.25, 0.3) is 5.91 Å². The van der Waals surface area contributed by atoms with Gasteiger partial charge < -0.3 is 15.8 Å². The first-order valence-corrected chi connectivity index (χ1v) is 5.23. The van der Waals surface area contributed by atoms with Gasteiger partial charge in [-0.2, -0.15) is 5.10 Å². The highest BCUT2D eigenvalue weighted by Gasteiger charge is 2.13. The molecular weight excluding hydrogens is 232 g/mol. The van der Waals surface area contributed by atoms with Crippen molar-refractivity contribution in [2.24, 2.45) is 0 Å². The van der Waals surface area contributed by atoms with Gasteiger partial charge >= 0.3 is 0 Å². The van der Waals surface area contributed by atoms with Crippen LogP contribution in [0.25, 0.3) is 0 Å². The van der Waals surface area contributed by atoms with Gasteiger partial charge in [-0.1, -0.05) is 0 Å². The Morgan fingerprint density at radius 3 is 2.89 bits per heavy atom. The summed E-state index contributed by atoms with van der Waals surface area (Å²) in [5.74, 6) is 0.470. The van der Waals surface area contributed by atoms with Gasteiger partial charge in [0, 0.05) is 11.9 Å². The molecule has 0 aliphatic carbocycles. The van der Waals surface area contributed by atoms with Crippen molar-refractivity contribution in [2.45, 2.75) is 0 Å². The van der Waals surface area contributed by atoms with Gasteiger partial charge in [-0.25, -0.2) is 0 Å². The third-order valence-electron chi connectivity index (χ3n) is 2.28. The van der Waals surface area contributed by atoms with Crippen LogP contribution < -0.4 is 15.8 Å². The number of benzene rings is 1. The molecule has 1 amide bonds. The highest BCUT2D eigenvalue weighted by atomic mass is 16.5. The summed E-state index contributed by atoms with van der Waals surface area (Å²) in [4.78, 5) is 12.0. The molecule has 6 heteroatoms. The van der Waals surface area contributed by atoms with E-state index < -0.39 is 0 Å². The minimum Gasteiger partial charge on any atom is -0.496 e. The highest BCUT2D eigenvalue weighted by Crippen LogP contribution is 2.21. The molecule has 0 bridgehead atoms. The van der Waals surface area contributed by atoms with Crippen LogP contribution in [0.2, 0.25) is 0 Å². The number of aromatic nitrogens is 2. The lowest BCUT2D eigenvalue weighted by Crippen LogP contribution is -2.14. The maximum absolute atomic E-state index is 12.0. The molecule has 0 fully saturated rings. The lowest BCUT2D eigenvalue weighted by Gasteiger charge is -2.09. The number of hydrogen-bond acceptors (Lipinski definition) is 5. The molecule has 2 rings (SSSR count). The third kappa shape index (κ3) is 2.54. The normalized spacial score (nSPS) is 9.83. The minimum absolute atomic E-state index is 0.348. The largest absolute Gasteiger partial charge is 0.496 e. The summed E-state index contributed by atoms with van der Waals surface area (Å²) in [7, 11) is 1.49. The lowest BCUT2D eigenvalue weighted by atomic mass is 10.1. The van der Waals surface area contributed by atoms with E-state index in [9.17, 15) is 4.79 Å². The number of nitrogen functional groups attached to an aromatic ring is 1. The summed E-state index contributed by atoms with van der Waals surface area (Å²) in [6.07, 6.45) is 1.52. The highest BCUT2D eigenvalue weighted by molar-refractivity contribution is 6.06. The van der Waals surface area contributed by atoms with Crippen molar-refractivity contribution < 1.29 is 9.53 Å². The van der Waals surface area contributed by atoms with Crippen molar-refractivity contribution in [2.75, 3.05) is 18.2 Å². The number of carbonyl (C=O) groups excluding carboxylic acids is 1. The predicted octanol–water partition coefficient (Wildman–Crippen LogP) is 1.32. The van der Waals surface area contributed by atoms with E-state index in [2.05, 4.69) is 15.5 Å². The van der Waals surface area contributed by atoms with Crippen molar-refractivity contribution in [3.8, 4) is 5.75 Å². The number of nitrogens with one attached hydrogen (secondary N) is 1. The number of hydrogen-bond donors (Lipinski definition) is 2. The first-order valence-electron chi connectivity index (χ1n) is 5.23. The zero-order chi connectivity index (χ0) is 13.0.